The molecule has 1 aromatic heterocycles. The van der Waals surface area contributed by atoms with E-state index >= 15 is 0 Å². The maximum Gasteiger partial charge on any atom is 0.209 e. The Labute approximate surface area is 184 Å². The number of nitriles is 1. The summed E-state index contributed by atoms with van der Waals surface area (Å²) in [6.07, 6.45) is 3.56. The van der Waals surface area contributed by atoms with E-state index in [0.717, 1.165) is 48.4 Å². The van der Waals surface area contributed by atoms with E-state index < -0.39 is 0 Å². The molecule has 1 aromatic carbocycles. The van der Waals surface area contributed by atoms with E-state index in [1.807, 2.05) is 45.0 Å². The molecule has 0 bridgehead atoms. The van der Waals surface area contributed by atoms with E-state index in [0.29, 0.717) is 22.9 Å². The van der Waals surface area contributed by atoms with Gasteiger partial charge in [0.1, 0.15) is 0 Å². The SMILES string of the molecule is C/C(N)=C/C(=N)C(C)C.Cc1cc(-c2ccc(C#N)cc2)cc(C2CCN(C=O)C2)n1. The fraction of sp³-hybridized carbons (Fsp3) is 0.360. The minimum absolute atomic E-state index is 0.281. The molecule has 6 heteroatoms. The van der Waals surface area contributed by atoms with Gasteiger partial charge in [-0.3, -0.25) is 9.78 Å². The molecule has 1 atom stereocenters. The first-order valence-electron chi connectivity index (χ1n) is 10.4. The van der Waals surface area contributed by atoms with Gasteiger partial charge >= 0.3 is 0 Å². The molecule has 1 aliphatic rings. The van der Waals surface area contributed by atoms with Crippen molar-refractivity contribution >= 4 is 12.1 Å². The van der Waals surface area contributed by atoms with Crippen molar-refractivity contribution in [2.24, 2.45) is 11.7 Å². The maximum atomic E-state index is 10.9. The van der Waals surface area contributed by atoms with Crippen LogP contribution < -0.4 is 5.73 Å². The predicted octanol–water partition coefficient (Wildman–Crippen LogP) is 4.40. The van der Waals surface area contributed by atoms with Crippen LogP contribution in [-0.4, -0.2) is 35.1 Å². The van der Waals surface area contributed by atoms with E-state index in [9.17, 15) is 4.79 Å². The number of amides is 1. The molecule has 1 fully saturated rings. The zero-order valence-corrected chi connectivity index (χ0v) is 18.7. The van der Waals surface area contributed by atoms with Gasteiger partial charge in [0.2, 0.25) is 6.41 Å². The topological polar surface area (TPSA) is 107 Å². The molecular formula is C25H31N5O. The normalized spacial score (nSPS) is 15.8. The number of carbonyl (C=O) groups is 1. The lowest BCUT2D eigenvalue weighted by Crippen LogP contribution is -2.17. The number of nitrogens with zero attached hydrogens (tertiary/aromatic N) is 3. The number of rotatable bonds is 5. The summed E-state index contributed by atoms with van der Waals surface area (Å²) in [5.74, 6) is 0.589. The third-order valence-corrected chi connectivity index (χ3v) is 5.11. The molecule has 0 radical (unpaired) electrons. The number of likely N-dealkylation sites (tertiary alicyclic amines) is 1. The second-order valence-electron chi connectivity index (χ2n) is 8.20. The van der Waals surface area contributed by atoms with Crippen LogP contribution in [0.3, 0.4) is 0 Å². The molecule has 6 nitrogen and oxygen atoms in total. The first-order chi connectivity index (χ1) is 14.7. The molecule has 3 rings (SSSR count). The monoisotopic (exact) mass is 417 g/mol. The minimum Gasteiger partial charge on any atom is -0.402 e. The van der Waals surface area contributed by atoms with Crippen LogP contribution in [0.1, 0.15) is 50.1 Å². The van der Waals surface area contributed by atoms with Crippen LogP contribution in [0.5, 0.6) is 0 Å². The van der Waals surface area contributed by atoms with Crippen molar-refractivity contribution in [2.45, 2.75) is 40.0 Å². The summed E-state index contributed by atoms with van der Waals surface area (Å²) in [6, 6.07) is 13.9. The molecule has 31 heavy (non-hydrogen) atoms. The molecule has 1 unspecified atom stereocenters. The van der Waals surface area contributed by atoms with Gasteiger partial charge < -0.3 is 16.0 Å². The molecular weight excluding hydrogens is 386 g/mol. The molecule has 2 aromatic rings. The average molecular weight is 418 g/mol. The summed E-state index contributed by atoms with van der Waals surface area (Å²) in [6.45, 7) is 9.27. The van der Waals surface area contributed by atoms with E-state index in [1.54, 1.807) is 17.9 Å². The molecule has 0 saturated carbocycles. The quantitative estimate of drug-likeness (QED) is 0.555. The molecule has 2 heterocycles. The largest absolute Gasteiger partial charge is 0.402 e. The van der Waals surface area contributed by atoms with Crippen LogP contribution in [0.4, 0.5) is 0 Å². The van der Waals surface area contributed by atoms with Crippen LogP contribution >= 0.6 is 0 Å². The highest BCUT2D eigenvalue weighted by Crippen LogP contribution is 2.29. The third-order valence-electron chi connectivity index (χ3n) is 5.11. The summed E-state index contributed by atoms with van der Waals surface area (Å²) in [4.78, 5) is 17.3. The fourth-order valence-electron chi connectivity index (χ4n) is 3.34. The van der Waals surface area contributed by atoms with Crippen molar-refractivity contribution < 1.29 is 4.79 Å². The van der Waals surface area contributed by atoms with Gasteiger partial charge in [-0.25, -0.2) is 0 Å². The Hall–Kier alpha value is -3.46. The zero-order chi connectivity index (χ0) is 23.0. The number of hydrogen-bond acceptors (Lipinski definition) is 5. The zero-order valence-electron chi connectivity index (χ0n) is 18.7. The van der Waals surface area contributed by atoms with Gasteiger partial charge in [0, 0.05) is 41.8 Å². The Bertz CT molecular complexity index is 982. The molecule has 3 N–H and O–H groups in total. The second-order valence-corrected chi connectivity index (χ2v) is 8.20. The predicted molar refractivity (Wildman–Crippen MR) is 125 cm³/mol. The van der Waals surface area contributed by atoms with Gasteiger partial charge in [-0.05, 0) is 67.7 Å². The van der Waals surface area contributed by atoms with Gasteiger partial charge in [-0.15, -0.1) is 0 Å². The molecule has 1 aliphatic heterocycles. The van der Waals surface area contributed by atoms with Crippen molar-refractivity contribution in [1.29, 1.82) is 10.7 Å². The lowest BCUT2D eigenvalue weighted by molar-refractivity contribution is -0.117. The first-order valence-corrected chi connectivity index (χ1v) is 10.4. The lowest BCUT2D eigenvalue weighted by Gasteiger charge is -2.13. The van der Waals surface area contributed by atoms with E-state index in [1.165, 1.54) is 0 Å². The Kier molecular flexibility index (Phi) is 8.51. The van der Waals surface area contributed by atoms with Crippen LogP contribution in [0.2, 0.25) is 0 Å². The van der Waals surface area contributed by atoms with E-state index in [2.05, 4.69) is 23.2 Å². The number of benzene rings is 1. The molecule has 0 aliphatic carbocycles. The summed E-state index contributed by atoms with van der Waals surface area (Å²) in [5, 5.41) is 16.2. The number of nitrogens with two attached hydrogens (primary N) is 1. The van der Waals surface area contributed by atoms with Crippen LogP contribution in [0.25, 0.3) is 11.1 Å². The van der Waals surface area contributed by atoms with Gasteiger partial charge in [-0.2, -0.15) is 5.26 Å². The summed E-state index contributed by atoms with van der Waals surface area (Å²) in [7, 11) is 0. The summed E-state index contributed by atoms with van der Waals surface area (Å²) in [5.41, 5.74) is 11.5. The van der Waals surface area contributed by atoms with Crippen molar-refractivity contribution in [3.8, 4) is 17.2 Å². The fourth-order valence-corrected chi connectivity index (χ4v) is 3.34. The van der Waals surface area contributed by atoms with Gasteiger partial charge in [0.25, 0.3) is 0 Å². The minimum atomic E-state index is 0.281. The van der Waals surface area contributed by atoms with Crippen molar-refractivity contribution in [2.75, 3.05) is 13.1 Å². The highest BCUT2D eigenvalue weighted by atomic mass is 16.1. The Morgan fingerprint density at radius 1 is 1.29 bits per heavy atom. The van der Waals surface area contributed by atoms with Crippen molar-refractivity contribution in [3.63, 3.8) is 0 Å². The number of pyridine rings is 1. The number of aromatic nitrogens is 1. The highest BCUT2D eigenvalue weighted by molar-refractivity contribution is 5.94. The number of nitrogens with one attached hydrogen (secondary N) is 1. The number of hydrogen-bond donors (Lipinski definition) is 2. The number of aryl methyl sites for hydroxylation is 1. The lowest BCUT2D eigenvalue weighted by atomic mass is 9.98. The van der Waals surface area contributed by atoms with Crippen LogP contribution in [0.15, 0.2) is 48.2 Å². The Morgan fingerprint density at radius 3 is 2.45 bits per heavy atom. The molecule has 0 spiro atoms. The van der Waals surface area contributed by atoms with Crippen LogP contribution in [-0.2, 0) is 4.79 Å². The molecule has 162 valence electrons. The van der Waals surface area contributed by atoms with Gasteiger partial charge in [-0.1, -0.05) is 26.0 Å². The smallest absolute Gasteiger partial charge is 0.209 e. The number of allylic oxidation sites excluding steroid dienone is 2. The van der Waals surface area contributed by atoms with E-state index in [-0.39, 0.29) is 5.92 Å². The van der Waals surface area contributed by atoms with Crippen molar-refractivity contribution in [1.82, 2.24) is 9.88 Å². The second kappa shape index (κ2) is 11.1. The van der Waals surface area contributed by atoms with Gasteiger partial charge in [0.15, 0.2) is 0 Å². The number of carbonyl (C=O) groups excluding carboxylic acids is 1. The standard InChI is InChI=1S/C18H17N3O.C7H14N2/c1-13-8-17(15-4-2-14(10-19)3-5-15)9-18(20-13)16-6-7-21(11-16)12-22;1-5(2)7(9)4-6(3)8/h2-5,8-9,12,16H,6-7,11H2,1H3;4-5,9H,8H2,1-3H3/b;6-4-,9-7?. The van der Waals surface area contributed by atoms with Crippen LogP contribution in [0, 0.1) is 29.6 Å². The average Bonchev–Trinajstić information content (AvgIpc) is 3.23. The summed E-state index contributed by atoms with van der Waals surface area (Å²) >= 11 is 0. The van der Waals surface area contributed by atoms with Crippen molar-refractivity contribution in [3.05, 3.63) is 65.1 Å². The van der Waals surface area contributed by atoms with Gasteiger partial charge in [0.05, 0.1) is 11.6 Å². The molecule has 1 amide bonds. The highest BCUT2D eigenvalue weighted by Gasteiger charge is 2.24. The maximum absolute atomic E-state index is 10.9. The third kappa shape index (κ3) is 7.07. The Balaban J connectivity index is 0.000000323. The Morgan fingerprint density at radius 2 is 1.97 bits per heavy atom. The first kappa shape index (κ1) is 23.8. The molecule has 1 saturated heterocycles. The summed E-state index contributed by atoms with van der Waals surface area (Å²) < 4.78 is 0. The van der Waals surface area contributed by atoms with E-state index in [4.69, 9.17) is 16.4 Å².